The van der Waals surface area contributed by atoms with Crippen LogP contribution in [0.2, 0.25) is 0 Å². The van der Waals surface area contributed by atoms with Gasteiger partial charge in [-0.3, -0.25) is 0 Å². The van der Waals surface area contributed by atoms with Gasteiger partial charge in [0.2, 0.25) is 0 Å². The summed E-state index contributed by atoms with van der Waals surface area (Å²) < 4.78 is 0. The molecule has 0 atom stereocenters. The molecule has 0 aromatic heterocycles. The minimum absolute atomic E-state index is 0.475. The summed E-state index contributed by atoms with van der Waals surface area (Å²) in [5, 5.41) is 1.14. The molecule has 18 heavy (non-hydrogen) atoms. The highest BCUT2D eigenvalue weighted by Gasteiger charge is 2.30. The summed E-state index contributed by atoms with van der Waals surface area (Å²) in [6.07, 6.45) is 5.26. The van der Waals surface area contributed by atoms with E-state index in [-0.39, 0.29) is 0 Å². The van der Waals surface area contributed by atoms with Crippen LogP contribution in [-0.2, 0) is 0 Å². The number of rotatable bonds is 10. The number of nitrogens with zero attached hydrogens (tertiary/aromatic N) is 1. The maximum Gasteiger partial charge on any atom is 0.0100 e. The van der Waals surface area contributed by atoms with Gasteiger partial charge >= 0.3 is 0 Å². The third kappa shape index (κ3) is 6.56. The number of hydrogen-bond acceptors (Lipinski definition) is 1. The second kappa shape index (κ2) is 9.36. The number of hydrogen-bond donors (Lipinski definition) is 0. The topological polar surface area (TPSA) is 3.24 Å². The Kier molecular flexibility index (Phi) is 9.59. The van der Waals surface area contributed by atoms with Gasteiger partial charge in [0.1, 0.15) is 0 Å². The summed E-state index contributed by atoms with van der Waals surface area (Å²) in [4.78, 5) is 2.68. The van der Waals surface area contributed by atoms with E-state index < -0.39 is 0 Å². The third-order valence-electron chi connectivity index (χ3n) is 3.71. The fraction of sp³-hybridized carbons (Fsp3) is 1.00. The Bertz CT molecular complexity index is 195. The molecular formula is C16H34BrN. The molecule has 0 unspecified atom stereocenters. The molecule has 0 aliphatic rings. The summed E-state index contributed by atoms with van der Waals surface area (Å²) in [6.45, 7) is 16.4. The van der Waals surface area contributed by atoms with Gasteiger partial charge in [0.25, 0.3) is 0 Å². The van der Waals surface area contributed by atoms with Crippen molar-refractivity contribution >= 4 is 15.9 Å². The van der Waals surface area contributed by atoms with E-state index in [1.54, 1.807) is 0 Å². The van der Waals surface area contributed by atoms with E-state index in [0.29, 0.717) is 11.5 Å². The van der Waals surface area contributed by atoms with Crippen LogP contribution >= 0.6 is 15.9 Å². The lowest BCUT2D eigenvalue weighted by molar-refractivity contribution is 0.108. The molecule has 0 aliphatic heterocycles. The predicted octanol–water partition coefficient (Wildman–Crippen LogP) is 5.33. The van der Waals surface area contributed by atoms with E-state index in [4.69, 9.17) is 0 Å². The fourth-order valence-electron chi connectivity index (χ4n) is 2.88. The van der Waals surface area contributed by atoms with Gasteiger partial charge in [0.05, 0.1) is 0 Å². The molecule has 110 valence electrons. The van der Waals surface area contributed by atoms with E-state index >= 15 is 0 Å². The normalized spacial score (nSPS) is 13.0. The highest BCUT2D eigenvalue weighted by Crippen LogP contribution is 2.34. The van der Waals surface area contributed by atoms with Crippen LogP contribution in [0.25, 0.3) is 0 Å². The lowest BCUT2D eigenvalue weighted by Crippen LogP contribution is -2.44. The quantitative estimate of drug-likeness (QED) is 0.491. The van der Waals surface area contributed by atoms with Crippen LogP contribution in [-0.4, -0.2) is 29.4 Å². The Morgan fingerprint density at radius 1 is 1.00 bits per heavy atom. The zero-order valence-corrected chi connectivity index (χ0v) is 15.0. The van der Waals surface area contributed by atoms with Crippen LogP contribution in [0, 0.1) is 11.3 Å². The Labute approximate surface area is 124 Å². The van der Waals surface area contributed by atoms with Crippen molar-refractivity contribution in [1.82, 2.24) is 4.90 Å². The molecule has 0 saturated carbocycles. The summed E-state index contributed by atoms with van der Waals surface area (Å²) >= 11 is 3.79. The van der Waals surface area contributed by atoms with E-state index in [9.17, 15) is 0 Å². The molecule has 0 aromatic rings. The Morgan fingerprint density at radius 3 is 1.78 bits per heavy atom. The van der Waals surface area contributed by atoms with Gasteiger partial charge in [-0.05, 0) is 38.0 Å². The molecule has 0 radical (unpaired) electrons. The first-order chi connectivity index (χ1) is 8.40. The zero-order valence-electron chi connectivity index (χ0n) is 13.4. The van der Waals surface area contributed by atoms with Gasteiger partial charge in [0.15, 0.2) is 0 Å². The Morgan fingerprint density at radius 2 is 1.50 bits per heavy atom. The summed E-state index contributed by atoms with van der Waals surface area (Å²) in [5.74, 6) is 0.753. The average molecular weight is 320 g/mol. The molecule has 2 heteroatoms. The molecule has 0 saturated heterocycles. The number of halogens is 1. The molecule has 1 nitrogen and oxygen atoms in total. The second-order valence-corrected chi connectivity index (χ2v) is 7.11. The predicted molar refractivity (Wildman–Crippen MR) is 87.6 cm³/mol. The summed E-state index contributed by atoms with van der Waals surface area (Å²) in [6, 6.07) is 0.652. The van der Waals surface area contributed by atoms with Gasteiger partial charge in [-0.15, -0.1) is 0 Å². The van der Waals surface area contributed by atoms with Crippen molar-refractivity contribution in [2.24, 2.45) is 11.3 Å². The maximum atomic E-state index is 3.79. The van der Waals surface area contributed by atoms with Crippen LogP contribution in [0.5, 0.6) is 0 Å². The minimum atomic E-state index is 0.475. The van der Waals surface area contributed by atoms with Crippen molar-refractivity contribution < 1.29 is 0 Å². The van der Waals surface area contributed by atoms with Crippen LogP contribution in [0.3, 0.4) is 0 Å². The van der Waals surface area contributed by atoms with E-state index in [0.717, 1.165) is 11.2 Å². The molecule has 0 aromatic carbocycles. The smallest absolute Gasteiger partial charge is 0.0100 e. The minimum Gasteiger partial charge on any atom is -0.300 e. The molecule has 0 amide bonds. The summed E-state index contributed by atoms with van der Waals surface area (Å²) in [7, 11) is 0. The maximum absolute atomic E-state index is 3.79. The highest BCUT2D eigenvalue weighted by molar-refractivity contribution is 9.09. The second-order valence-electron chi connectivity index (χ2n) is 6.55. The van der Waals surface area contributed by atoms with Gasteiger partial charge < -0.3 is 4.90 Å². The van der Waals surface area contributed by atoms with Crippen LogP contribution in [0.15, 0.2) is 0 Å². The standard InChI is InChI=1S/C16H34BrN/c1-7-9-16(12-17,10-8-2)13-18(15(5)6)11-14(3)4/h14-15H,7-13H2,1-6H3. The Hall–Kier alpha value is 0.440. The van der Waals surface area contributed by atoms with Crippen molar-refractivity contribution in [2.45, 2.75) is 73.3 Å². The van der Waals surface area contributed by atoms with Crippen LogP contribution < -0.4 is 0 Å². The van der Waals surface area contributed by atoms with Crippen molar-refractivity contribution in [3.05, 3.63) is 0 Å². The van der Waals surface area contributed by atoms with Gasteiger partial charge in [-0.25, -0.2) is 0 Å². The molecule has 0 bridgehead atoms. The van der Waals surface area contributed by atoms with E-state index in [1.165, 1.54) is 38.8 Å². The first kappa shape index (κ1) is 18.4. The largest absolute Gasteiger partial charge is 0.300 e. The van der Waals surface area contributed by atoms with Crippen LogP contribution in [0.4, 0.5) is 0 Å². The van der Waals surface area contributed by atoms with Crippen molar-refractivity contribution in [2.75, 3.05) is 18.4 Å². The lowest BCUT2D eigenvalue weighted by Gasteiger charge is -2.40. The van der Waals surface area contributed by atoms with Gasteiger partial charge in [-0.2, -0.15) is 0 Å². The molecule has 0 heterocycles. The third-order valence-corrected chi connectivity index (χ3v) is 4.90. The number of alkyl halides is 1. The molecular weight excluding hydrogens is 286 g/mol. The highest BCUT2D eigenvalue weighted by atomic mass is 79.9. The van der Waals surface area contributed by atoms with Crippen molar-refractivity contribution in [1.29, 1.82) is 0 Å². The molecule has 0 rings (SSSR count). The SMILES string of the molecule is CCCC(CBr)(CCC)CN(CC(C)C)C(C)C. The average Bonchev–Trinajstić information content (AvgIpc) is 2.28. The van der Waals surface area contributed by atoms with Gasteiger partial charge in [-0.1, -0.05) is 56.5 Å². The Balaban J connectivity index is 4.77. The monoisotopic (exact) mass is 319 g/mol. The van der Waals surface area contributed by atoms with Crippen molar-refractivity contribution in [3.63, 3.8) is 0 Å². The first-order valence-electron chi connectivity index (χ1n) is 7.70. The molecule has 0 fully saturated rings. The van der Waals surface area contributed by atoms with Crippen molar-refractivity contribution in [3.8, 4) is 0 Å². The first-order valence-corrected chi connectivity index (χ1v) is 8.83. The van der Waals surface area contributed by atoms with Crippen LogP contribution in [0.1, 0.15) is 67.2 Å². The zero-order chi connectivity index (χ0) is 14.2. The van der Waals surface area contributed by atoms with Gasteiger partial charge in [0, 0.05) is 24.5 Å². The molecule has 0 N–H and O–H groups in total. The fourth-order valence-corrected chi connectivity index (χ4v) is 3.62. The molecule has 0 spiro atoms. The lowest BCUT2D eigenvalue weighted by atomic mass is 9.80. The van der Waals surface area contributed by atoms with E-state index in [2.05, 4.69) is 62.4 Å². The molecule has 0 aliphatic carbocycles. The summed E-state index contributed by atoms with van der Waals surface area (Å²) in [5.41, 5.74) is 0.475. The van der Waals surface area contributed by atoms with E-state index in [1.807, 2.05) is 0 Å².